The number of fused-ring (bicyclic) bond motifs is 1. The topological polar surface area (TPSA) is 71.6 Å². The molecular formula is C27H34N4O2. The molecule has 2 aromatic carbocycles. The minimum absolute atomic E-state index is 0.0681. The van der Waals surface area contributed by atoms with Crippen LogP contribution in [0.25, 0.3) is 10.9 Å². The molecule has 1 aliphatic carbocycles. The lowest BCUT2D eigenvalue weighted by Crippen LogP contribution is -2.29. The average Bonchev–Trinajstić information content (AvgIpc) is 3.42. The number of nitrogens with zero attached hydrogens (tertiary/aromatic N) is 3. The molecule has 0 spiro atoms. The summed E-state index contributed by atoms with van der Waals surface area (Å²) in [6, 6.07) is 15.7. The van der Waals surface area contributed by atoms with Gasteiger partial charge in [-0.2, -0.15) is 0 Å². The van der Waals surface area contributed by atoms with Crippen LogP contribution in [0.15, 0.2) is 48.5 Å². The van der Waals surface area contributed by atoms with Gasteiger partial charge in [-0.3, -0.25) is 9.59 Å². The molecule has 33 heavy (non-hydrogen) atoms. The van der Waals surface area contributed by atoms with Gasteiger partial charge in [0.15, 0.2) is 0 Å². The summed E-state index contributed by atoms with van der Waals surface area (Å²) >= 11 is 0. The van der Waals surface area contributed by atoms with Gasteiger partial charge >= 0.3 is 0 Å². The summed E-state index contributed by atoms with van der Waals surface area (Å²) in [6.07, 6.45) is 5.35. The second-order valence-electron chi connectivity index (χ2n) is 9.43. The number of aromatic nitrogens is 1. The van der Waals surface area contributed by atoms with Crippen LogP contribution < -0.4 is 5.73 Å². The van der Waals surface area contributed by atoms with Gasteiger partial charge in [-0.15, -0.1) is 0 Å². The van der Waals surface area contributed by atoms with Gasteiger partial charge in [0.1, 0.15) is 0 Å². The molecule has 174 valence electrons. The van der Waals surface area contributed by atoms with E-state index in [4.69, 9.17) is 5.73 Å². The van der Waals surface area contributed by atoms with Crippen LogP contribution in [-0.2, 0) is 24.9 Å². The zero-order valence-corrected chi connectivity index (χ0v) is 19.9. The van der Waals surface area contributed by atoms with E-state index >= 15 is 0 Å². The summed E-state index contributed by atoms with van der Waals surface area (Å²) in [5.41, 5.74) is 10.4. The molecule has 3 aromatic rings. The molecule has 6 heteroatoms. The fourth-order valence-corrected chi connectivity index (χ4v) is 4.87. The number of hydrogen-bond acceptors (Lipinski definition) is 3. The first-order valence-corrected chi connectivity index (χ1v) is 11.7. The molecule has 6 nitrogen and oxygen atoms in total. The van der Waals surface area contributed by atoms with Crippen LogP contribution in [-0.4, -0.2) is 40.3 Å². The molecule has 2 N–H and O–H groups in total. The molecule has 2 amide bonds. The predicted octanol–water partition coefficient (Wildman–Crippen LogP) is 4.57. The number of rotatable bonds is 7. The number of nitrogen functional groups attached to an aromatic ring is 1. The first kappa shape index (κ1) is 22.9. The third kappa shape index (κ3) is 5.05. The van der Waals surface area contributed by atoms with E-state index in [2.05, 4.69) is 22.8 Å². The fraction of sp³-hybridized carbons (Fsp3) is 0.407. The van der Waals surface area contributed by atoms with Crippen molar-refractivity contribution in [1.82, 2.24) is 14.4 Å². The zero-order chi connectivity index (χ0) is 23.5. The van der Waals surface area contributed by atoms with Gasteiger partial charge in [0.25, 0.3) is 5.91 Å². The second kappa shape index (κ2) is 9.69. The maximum Gasteiger partial charge on any atom is 0.253 e. The van der Waals surface area contributed by atoms with Gasteiger partial charge in [-0.25, -0.2) is 0 Å². The van der Waals surface area contributed by atoms with Gasteiger partial charge in [0.2, 0.25) is 5.91 Å². The van der Waals surface area contributed by atoms with Crippen LogP contribution >= 0.6 is 0 Å². The van der Waals surface area contributed by atoms with Gasteiger partial charge in [0, 0.05) is 56.6 Å². The highest BCUT2D eigenvalue weighted by atomic mass is 16.2. The lowest BCUT2D eigenvalue weighted by atomic mass is 10.0. The van der Waals surface area contributed by atoms with Crippen molar-refractivity contribution in [2.75, 3.05) is 19.8 Å². The Labute approximate surface area is 196 Å². The predicted molar refractivity (Wildman–Crippen MR) is 133 cm³/mol. The molecule has 1 fully saturated rings. The summed E-state index contributed by atoms with van der Waals surface area (Å²) in [5, 5.41) is 1.16. The van der Waals surface area contributed by atoms with Crippen LogP contribution in [0, 0.1) is 5.92 Å². The van der Waals surface area contributed by atoms with Crippen molar-refractivity contribution >= 4 is 28.4 Å². The largest absolute Gasteiger partial charge is 0.398 e. The van der Waals surface area contributed by atoms with E-state index in [9.17, 15) is 9.59 Å². The molecule has 0 saturated heterocycles. The molecule has 0 bridgehead atoms. The van der Waals surface area contributed by atoms with Gasteiger partial charge < -0.3 is 20.1 Å². The number of aryl methyl sites for hydroxylation is 1. The molecule has 0 atom stereocenters. The third-order valence-corrected chi connectivity index (χ3v) is 6.96. The van der Waals surface area contributed by atoms with Crippen molar-refractivity contribution in [3.63, 3.8) is 0 Å². The monoisotopic (exact) mass is 446 g/mol. The number of amides is 2. The van der Waals surface area contributed by atoms with Crippen molar-refractivity contribution in [3.05, 3.63) is 65.4 Å². The number of carbonyl (C=O) groups excluding carboxylic acids is 2. The van der Waals surface area contributed by atoms with Crippen molar-refractivity contribution in [3.8, 4) is 0 Å². The number of nitrogens with two attached hydrogens (primary N) is 1. The highest BCUT2D eigenvalue weighted by Crippen LogP contribution is 2.28. The van der Waals surface area contributed by atoms with Crippen molar-refractivity contribution in [2.45, 2.75) is 45.2 Å². The highest BCUT2D eigenvalue weighted by Gasteiger charge is 2.21. The molecule has 0 aliphatic heterocycles. The summed E-state index contributed by atoms with van der Waals surface area (Å²) < 4.78 is 2.12. The Hall–Kier alpha value is -3.28. The molecular weight excluding hydrogens is 412 g/mol. The Morgan fingerprint density at radius 1 is 1.00 bits per heavy atom. The van der Waals surface area contributed by atoms with Crippen LogP contribution in [0.2, 0.25) is 0 Å². The van der Waals surface area contributed by atoms with E-state index in [0.29, 0.717) is 36.7 Å². The number of para-hydroxylation sites is 1. The smallest absolute Gasteiger partial charge is 0.253 e. The maximum atomic E-state index is 13.2. The Bertz CT molecular complexity index is 1160. The van der Waals surface area contributed by atoms with Gasteiger partial charge in [-0.05, 0) is 60.0 Å². The minimum Gasteiger partial charge on any atom is -0.398 e. The quantitative estimate of drug-likeness (QED) is 0.541. The lowest BCUT2D eigenvalue weighted by Gasteiger charge is -2.22. The number of carbonyl (C=O) groups is 2. The number of hydrogen-bond donors (Lipinski definition) is 1. The number of anilines is 1. The SMILES string of the molecule is CN(Cc1cc(C(=O)N(C)Cc2cc3ccccc3n2C)ccc1N)C(=O)CC1CCCC1. The summed E-state index contributed by atoms with van der Waals surface area (Å²) in [4.78, 5) is 29.3. The summed E-state index contributed by atoms with van der Waals surface area (Å²) in [7, 11) is 5.65. The summed E-state index contributed by atoms with van der Waals surface area (Å²) in [6.45, 7) is 0.912. The first-order valence-electron chi connectivity index (χ1n) is 11.7. The van der Waals surface area contributed by atoms with Gasteiger partial charge in [-0.1, -0.05) is 31.0 Å². The average molecular weight is 447 g/mol. The Balaban J connectivity index is 1.44. The van der Waals surface area contributed by atoms with Crippen molar-refractivity contribution in [1.29, 1.82) is 0 Å². The van der Waals surface area contributed by atoms with E-state index in [1.165, 1.54) is 12.8 Å². The lowest BCUT2D eigenvalue weighted by molar-refractivity contribution is -0.131. The molecule has 4 rings (SSSR count). The van der Waals surface area contributed by atoms with Crippen LogP contribution in [0.5, 0.6) is 0 Å². The normalized spacial score (nSPS) is 14.0. The Morgan fingerprint density at radius 3 is 2.45 bits per heavy atom. The van der Waals surface area contributed by atoms with Crippen molar-refractivity contribution < 1.29 is 9.59 Å². The maximum absolute atomic E-state index is 13.2. The molecule has 0 unspecified atom stereocenters. The fourth-order valence-electron chi connectivity index (χ4n) is 4.87. The minimum atomic E-state index is -0.0681. The van der Waals surface area contributed by atoms with Crippen molar-refractivity contribution in [2.24, 2.45) is 13.0 Å². The van der Waals surface area contributed by atoms with E-state index in [-0.39, 0.29) is 11.8 Å². The molecule has 0 radical (unpaired) electrons. The first-order chi connectivity index (χ1) is 15.8. The Morgan fingerprint density at radius 2 is 1.73 bits per heavy atom. The van der Waals surface area contributed by atoms with Gasteiger partial charge in [0.05, 0.1) is 6.54 Å². The third-order valence-electron chi connectivity index (χ3n) is 6.96. The number of benzene rings is 2. The zero-order valence-electron chi connectivity index (χ0n) is 19.9. The molecule has 1 saturated carbocycles. The van der Waals surface area contributed by atoms with E-state index in [1.807, 2.05) is 39.3 Å². The highest BCUT2D eigenvalue weighted by molar-refractivity contribution is 5.95. The summed E-state index contributed by atoms with van der Waals surface area (Å²) in [5.74, 6) is 0.584. The van der Waals surface area contributed by atoms with E-state index in [1.54, 1.807) is 21.9 Å². The van der Waals surface area contributed by atoms with Crippen LogP contribution in [0.3, 0.4) is 0 Å². The van der Waals surface area contributed by atoms with E-state index in [0.717, 1.165) is 35.0 Å². The Kier molecular flexibility index (Phi) is 6.72. The van der Waals surface area contributed by atoms with E-state index < -0.39 is 0 Å². The standard InChI is InChI=1S/C27H34N4O2/c1-29(26(32)14-19-8-4-5-9-19)17-22-15-21(12-13-24(22)28)27(33)30(2)18-23-16-20-10-6-7-11-25(20)31(23)3/h6-7,10-13,15-16,19H,4-5,8-9,14,17-18,28H2,1-3H3. The second-order valence-corrected chi connectivity index (χ2v) is 9.43. The van der Waals surface area contributed by atoms with Crippen LogP contribution in [0.1, 0.15) is 53.7 Å². The van der Waals surface area contributed by atoms with Crippen LogP contribution in [0.4, 0.5) is 5.69 Å². The molecule has 1 heterocycles. The molecule has 1 aromatic heterocycles. The molecule has 1 aliphatic rings.